The van der Waals surface area contributed by atoms with Gasteiger partial charge in [-0.3, -0.25) is 13.9 Å². The highest BCUT2D eigenvalue weighted by Gasteiger charge is 2.29. The number of aromatic nitrogens is 4. The van der Waals surface area contributed by atoms with Crippen LogP contribution in [0.1, 0.15) is 27.2 Å². The molecule has 1 aromatic carbocycles. The molecule has 154 valence electrons. The van der Waals surface area contributed by atoms with Crippen LogP contribution in [0.4, 0.5) is 11.6 Å². The van der Waals surface area contributed by atoms with Crippen molar-refractivity contribution < 1.29 is 4.74 Å². The van der Waals surface area contributed by atoms with Gasteiger partial charge in [0, 0.05) is 32.4 Å². The van der Waals surface area contributed by atoms with Crippen molar-refractivity contribution in [3.05, 3.63) is 45.1 Å². The summed E-state index contributed by atoms with van der Waals surface area (Å²) in [4.78, 5) is 32.7. The number of nitrogens with zero attached hydrogens (tertiary/aromatic N) is 5. The van der Waals surface area contributed by atoms with Crippen LogP contribution in [0.2, 0.25) is 0 Å². The molecule has 4 rings (SSSR count). The minimum absolute atomic E-state index is 0.260. The van der Waals surface area contributed by atoms with E-state index < -0.39 is 0 Å². The van der Waals surface area contributed by atoms with Crippen molar-refractivity contribution in [1.29, 1.82) is 0 Å². The second-order valence-electron chi connectivity index (χ2n) is 7.64. The van der Waals surface area contributed by atoms with Gasteiger partial charge in [0.15, 0.2) is 11.2 Å². The summed E-state index contributed by atoms with van der Waals surface area (Å²) in [5.41, 5.74) is 1.34. The summed E-state index contributed by atoms with van der Waals surface area (Å²) in [6.45, 7) is 8.57. The zero-order valence-electron chi connectivity index (χ0n) is 17.4. The Morgan fingerprint density at radius 1 is 1.14 bits per heavy atom. The quantitative estimate of drug-likeness (QED) is 0.661. The first-order valence-corrected chi connectivity index (χ1v) is 10.2. The van der Waals surface area contributed by atoms with Gasteiger partial charge in [0.2, 0.25) is 5.95 Å². The van der Waals surface area contributed by atoms with Gasteiger partial charge in [-0.2, -0.15) is 4.98 Å². The molecule has 0 fully saturated rings. The predicted octanol–water partition coefficient (Wildman–Crippen LogP) is 2.49. The third-order valence-corrected chi connectivity index (χ3v) is 5.35. The molecule has 8 nitrogen and oxygen atoms in total. The summed E-state index contributed by atoms with van der Waals surface area (Å²) < 4.78 is 10.3. The predicted molar refractivity (Wildman–Crippen MR) is 113 cm³/mol. The molecule has 0 radical (unpaired) electrons. The van der Waals surface area contributed by atoms with Crippen molar-refractivity contribution in [2.24, 2.45) is 13.0 Å². The van der Waals surface area contributed by atoms with E-state index in [4.69, 9.17) is 9.72 Å². The van der Waals surface area contributed by atoms with Crippen LogP contribution in [0.3, 0.4) is 0 Å². The number of benzene rings is 1. The van der Waals surface area contributed by atoms with Crippen LogP contribution in [-0.4, -0.2) is 31.8 Å². The summed E-state index contributed by atoms with van der Waals surface area (Å²) in [5.74, 6) is 1.84. The Balaban J connectivity index is 1.91. The second-order valence-corrected chi connectivity index (χ2v) is 7.64. The van der Waals surface area contributed by atoms with Crippen LogP contribution in [0.25, 0.3) is 11.2 Å². The van der Waals surface area contributed by atoms with E-state index >= 15 is 0 Å². The molecule has 1 atom stereocenters. The Hall–Kier alpha value is -3.03. The van der Waals surface area contributed by atoms with E-state index in [0.717, 1.165) is 24.4 Å². The fraction of sp³-hybridized carbons (Fsp3) is 0.476. The summed E-state index contributed by atoms with van der Waals surface area (Å²) in [6, 6.07) is 7.88. The zero-order valence-corrected chi connectivity index (χ0v) is 17.4. The highest BCUT2D eigenvalue weighted by molar-refractivity contribution is 5.77. The maximum absolute atomic E-state index is 13.1. The topological polar surface area (TPSA) is 74.3 Å². The molecule has 0 bridgehead atoms. The lowest BCUT2D eigenvalue weighted by Gasteiger charge is -2.33. The van der Waals surface area contributed by atoms with Gasteiger partial charge < -0.3 is 14.2 Å². The first kappa shape index (κ1) is 19.3. The number of aryl methyl sites for hydroxylation is 1. The lowest BCUT2D eigenvalue weighted by atomic mass is 10.1. The van der Waals surface area contributed by atoms with E-state index in [1.165, 1.54) is 9.13 Å². The molecule has 1 unspecified atom stereocenters. The van der Waals surface area contributed by atoms with Gasteiger partial charge in [0.1, 0.15) is 5.75 Å². The van der Waals surface area contributed by atoms with E-state index in [1.54, 1.807) is 7.05 Å². The normalized spacial score (nSPS) is 16.3. The SMILES string of the molecule is CCCn1c(=O)c2c(nc3n2CC(C)CN3c2ccc(OCC)cc2)n(C)c1=O. The molecule has 3 heterocycles. The highest BCUT2D eigenvalue weighted by atomic mass is 16.5. The number of hydrogen-bond donors (Lipinski definition) is 0. The largest absolute Gasteiger partial charge is 0.494 e. The van der Waals surface area contributed by atoms with Crippen molar-refractivity contribution in [2.75, 3.05) is 18.1 Å². The molecular formula is C21H27N5O3. The summed E-state index contributed by atoms with van der Waals surface area (Å²) in [5, 5.41) is 0. The van der Waals surface area contributed by atoms with Crippen LogP contribution in [-0.2, 0) is 20.1 Å². The number of fused-ring (bicyclic) bond motifs is 3. The summed E-state index contributed by atoms with van der Waals surface area (Å²) in [7, 11) is 1.68. The van der Waals surface area contributed by atoms with E-state index in [2.05, 4.69) is 11.8 Å². The standard InChI is InChI=1S/C21H27N5O3/c1-5-11-24-19(27)17-18(23(4)21(24)28)22-20-25(12-14(3)13-26(17)20)15-7-9-16(10-8-15)29-6-2/h7-10,14H,5-6,11-13H2,1-4H3. The van der Waals surface area contributed by atoms with E-state index in [1.807, 2.05) is 42.7 Å². The minimum Gasteiger partial charge on any atom is -0.494 e. The molecule has 0 saturated carbocycles. The smallest absolute Gasteiger partial charge is 0.332 e. The Kier molecular flexibility index (Phi) is 4.94. The minimum atomic E-state index is -0.319. The molecule has 0 N–H and O–H groups in total. The van der Waals surface area contributed by atoms with Crippen LogP contribution in [0.5, 0.6) is 5.75 Å². The first-order chi connectivity index (χ1) is 14.0. The van der Waals surface area contributed by atoms with Crippen molar-refractivity contribution in [2.45, 2.75) is 40.3 Å². The molecule has 2 aromatic heterocycles. The van der Waals surface area contributed by atoms with Crippen LogP contribution in [0, 0.1) is 5.92 Å². The van der Waals surface area contributed by atoms with Gasteiger partial charge >= 0.3 is 5.69 Å². The number of ether oxygens (including phenoxy) is 1. The van der Waals surface area contributed by atoms with Crippen molar-refractivity contribution in [3.63, 3.8) is 0 Å². The van der Waals surface area contributed by atoms with Crippen molar-refractivity contribution >= 4 is 22.8 Å². The second kappa shape index (κ2) is 7.42. The van der Waals surface area contributed by atoms with Crippen LogP contribution >= 0.6 is 0 Å². The lowest BCUT2D eigenvalue weighted by molar-refractivity contribution is 0.340. The molecule has 8 heteroatoms. The number of rotatable bonds is 5. The average molecular weight is 397 g/mol. The summed E-state index contributed by atoms with van der Waals surface area (Å²) >= 11 is 0. The fourth-order valence-electron chi connectivity index (χ4n) is 4.03. The molecule has 29 heavy (non-hydrogen) atoms. The average Bonchev–Trinajstić information content (AvgIpc) is 3.09. The molecule has 0 spiro atoms. The van der Waals surface area contributed by atoms with Gasteiger partial charge in [-0.1, -0.05) is 13.8 Å². The van der Waals surface area contributed by atoms with Gasteiger partial charge in [-0.05, 0) is 43.5 Å². The fourth-order valence-corrected chi connectivity index (χ4v) is 4.03. The van der Waals surface area contributed by atoms with Gasteiger partial charge in [-0.25, -0.2) is 4.79 Å². The maximum Gasteiger partial charge on any atom is 0.332 e. The number of hydrogen-bond acceptors (Lipinski definition) is 5. The first-order valence-electron chi connectivity index (χ1n) is 10.2. The Morgan fingerprint density at radius 2 is 1.86 bits per heavy atom. The Morgan fingerprint density at radius 3 is 2.52 bits per heavy atom. The van der Waals surface area contributed by atoms with Gasteiger partial charge in [0.05, 0.1) is 6.61 Å². The zero-order chi connectivity index (χ0) is 20.7. The van der Waals surface area contributed by atoms with Crippen LogP contribution in [0.15, 0.2) is 33.9 Å². The van der Waals surface area contributed by atoms with Gasteiger partial charge in [0.25, 0.3) is 5.56 Å². The Bertz CT molecular complexity index is 1160. The molecule has 0 amide bonds. The molecule has 3 aromatic rings. The van der Waals surface area contributed by atoms with E-state index in [0.29, 0.717) is 42.7 Å². The van der Waals surface area contributed by atoms with Crippen molar-refractivity contribution in [1.82, 2.24) is 18.7 Å². The number of anilines is 2. The molecule has 0 aliphatic carbocycles. The monoisotopic (exact) mass is 397 g/mol. The lowest BCUT2D eigenvalue weighted by Crippen LogP contribution is -2.40. The van der Waals surface area contributed by atoms with E-state index in [-0.39, 0.29) is 11.2 Å². The molecule has 1 aliphatic heterocycles. The van der Waals surface area contributed by atoms with E-state index in [9.17, 15) is 9.59 Å². The summed E-state index contributed by atoms with van der Waals surface area (Å²) in [6.07, 6.45) is 0.719. The number of imidazole rings is 1. The molecular weight excluding hydrogens is 370 g/mol. The molecule has 1 aliphatic rings. The van der Waals surface area contributed by atoms with Gasteiger partial charge in [-0.15, -0.1) is 0 Å². The molecule has 0 saturated heterocycles. The van der Waals surface area contributed by atoms with Crippen molar-refractivity contribution in [3.8, 4) is 5.75 Å². The van der Waals surface area contributed by atoms with Crippen LogP contribution < -0.4 is 20.9 Å². The highest BCUT2D eigenvalue weighted by Crippen LogP contribution is 2.33. The third kappa shape index (κ3) is 3.12. The third-order valence-electron chi connectivity index (χ3n) is 5.35. The Labute approximate surface area is 169 Å². The maximum atomic E-state index is 13.1.